The van der Waals surface area contributed by atoms with Gasteiger partial charge >= 0.3 is 0 Å². The van der Waals surface area contributed by atoms with Gasteiger partial charge in [-0.05, 0) is 25.5 Å². The lowest BCUT2D eigenvalue weighted by Crippen LogP contribution is -2.07. The van der Waals surface area contributed by atoms with Crippen LogP contribution in [0.25, 0.3) is 0 Å². The van der Waals surface area contributed by atoms with Gasteiger partial charge in [0.2, 0.25) is 0 Å². The second-order valence-corrected chi connectivity index (χ2v) is 4.40. The maximum absolute atomic E-state index is 6.09. The summed E-state index contributed by atoms with van der Waals surface area (Å²) in [5, 5.41) is 0.116. The highest BCUT2D eigenvalue weighted by Crippen LogP contribution is 2.31. The number of methoxy groups -OCH3 is 1. The molecular formula is C12H17ClO. The van der Waals surface area contributed by atoms with Crippen molar-refractivity contribution in [3.63, 3.8) is 0 Å². The van der Waals surface area contributed by atoms with Crippen molar-refractivity contribution >= 4 is 11.6 Å². The van der Waals surface area contributed by atoms with Crippen molar-refractivity contribution in [2.75, 3.05) is 7.11 Å². The van der Waals surface area contributed by atoms with Gasteiger partial charge in [0, 0.05) is 11.3 Å². The normalized spacial score (nSPS) is 14.9. The lowest BCUT2D eigenvalue weighted by atomic mass is 9.96. The van der Waals surface area contributed by atoms with Crippen LogP contribution in [0, 0.1) is 6.92 Å². The zero-order valence-electron chi connectivity index (χ0n) is 9.17. The van der Waals surface area contributed by atoms with E-state index in [1.54, 1.807) is 7.11 Å². The molecule has 0 saturated carbocycles. The standard InChI is InChI=1S/C12H17ClO/c1-8-5-6-12(14-4)11(7-8)9(2)10(3)13/h5-7,9-10H,1-4H3. The minimum atomic E-state index is 0.116. The molecule has 1 nitrogen and oxygen atoms in total. The highest BCUT2D eigenvalue weighted by atomic mass is 35.5. The van der Waals surface area contributed by atoms with Gasteiger partial charge in [0.05, 0.1) is 7.11 Å². The van der Waals surface area contributed by atoms with E-state index in [0.29, 0.717) is 5.92 Å². The van der Waals surface area contributed by atoms with Crippen LogP contribution in [0.5, 0.6) is 5.75 Å². The molecule has 0 heterocycles. The molecule has 1 aromatic rings. The Kier molecular flexibility index (Phi) is 3.82. The van der Waals surface area contributed by atoms with Gasteiger partial charge < -0.3 is 4.74 Å². The van der Waals surface area contributed by atoms with Crippen LogP contribution >= 0.6 is 11.6 Å². The first kappa shape index (κ1) is 11.4. The van der Waals surface area contributed by atoms with Crippen molar-refractivity contribution in [3.05, 3.63) is 29.3 Å². The second kappa shape index (κ2) is 4.70. The molecule has 0 aromatic heterocycles. The number of alkyl halides is 1. The summed E-state index contributed by atoms with van der Waals surface area (Å²) in [7, 11) is 1.69. The first-order valence-electron chi connectivity index (χ1n) is 4.85. The maximum Gasteiger partial charge on any atom is 0.122 e. The van der Waals surface area contributed by atoms with E-state index < -0.39 is 0 Å². The summed E-state index contributed by atoms with van der Waals surface area (Å²) in [5.74, 6) is 1.24. The summed E-state index contributed by atoms with van der Waals surface area (Å²) >= 11 is 6.09. The fraction of sp³-hybridized carbons (Fsp3) is 0.500. The van der Waals surface area contributed by atoms with Gasteiger partial charge in [-0.2, -0.15) is 0 Å². The van der Waals surface area contributed by atoms with Gasteiger partial charge in [-0.25, -0.2) is 0 Å². The SMILES string of the molecule is COc1ccc(C)cc1C(C)C(C)Cl. The molecule has 0 aliphatic heterocycles. The molecule has 14 heavy (non-hydrogen) atoms. The van der Waals surface area contributed by atoms with Crippen molar-refractivity contribution in [3.8, 4) is 5.75 Å². The van der Waals surface area contributed by atoms with E-state index in [2.05, 4.69) is 19.9 Å². The molecule has 1 rings (SSSR count). The smallest absolute Gasteiger partial charge is 0.122 e. The Hall–Kier alpha value is -0.690. The number of ether oxygens (including phenoxy) is 1. The van der Waals surface area contributed by atoms with Crippen LogP contribution in [0.4, 0.5) is 0 Å². The molecule has 0 N–H and O–H groups in total. The minimum absolute atomic E-state index is 0.116. The summed E-state index contributed by atoms with van der Waals surface area (Å²) in [6, 6.07) is 6.19. The van der Waals surface area contributed by atoms with E-state index in [0.717, 1.165) is 5.75 Å². The summed E-state index contributed by atoms with van der Waals surface area (Å²) < 4.78 is 5.31. The number of benzene rings is 1. The summed E-state index contributed by atoms with van der Waals surface area (Å²) in [6.45, 7) is 6.21. The molecule has 0 amide bonds. The van der Waals surface area contributed by atoms with Crippen molar-refractivity contribution in [1.82, 2.24) is 0 Å². The van der Waals surface area contributed by atoms with E-state index >= 15 is 0 Å². The molecule has 2 heteroatoms. The zero-order valence-corrected chi connectivity index (χ0v) is 9.93. The van der Waals surface area contributed by atoms with Gasteiger partial charge in [-0.1, -0.05) is 24.6 Å². The van der Waals surface area contributed by atoms with E-state index in [4.69, 9.17) is 16.3 Å². The molecule has 0 spiro atoms. The Bertz CT molecular complexity index is 307. The molecule has 0 fully saturated rings. The molecule has 0 aliphatic rings. The zero-order chi connectivity index (χ0) is 10.7. The first-order valence-corrected chi connectivity index (χ1v) is 5.28. The van der Waals surface area contributed by atoms with Gasteiger partial charge in [-0.3, -0.25) is 0 Å². The van der Waals surface area contributed by atoms with Crippen molar-refractivity contribution in [1.29, 1.82) is 0 Å². The number of rotatable bonds is 3. The molecule has 1 aromatic carbocycles. The van der Waals surface area contributed by atoms with Gasteiger partial charge in [-0.15, -0.1) is 11.6 Å². The topological polar surface area (TPSA) is 9.23 Å². The number of hydrogen-bond donors (Lipinski definition) is 0. The monoisotopic (exact) mass is 212 g/mol. The van der Waals surface area contributed by atoms with Crippen LogP contribution in [0.1, 0.15) is 30.9 Å². The summed E-state index contributed by atoms with van der Waals surface area (Å²) in [6.07, 6.45) is 0. The van der Waals surface area contributed by atoms with Crippen molar-refractivity contribution in [2.45, 2.75) is 32.1 Å². The van der Waals surface area contributed by atoms with Crippen LogP contribution in [-0.4, -0.2) is 12.5 Å². The Balaban J connectivity index is 3.10. The fourth-order valence-corrected chi connectivity index (χ4v) is 1.59. The van der Waals surface area contributed by atoms with Crippen LogP contribution < -0.4 is 4.74 Å². The Morgan fingerprint density at radius 1 is 1.29 bits per heavy atom. The van der Waals surface area contributed by atoms with Crippen molar-refractivity contribution < 1.29 is 4.74 Å². The second-order valence-electron chi connectivity index (χ2n) is 3.71. The lowest BCUT2D eigenvalue weighted by Gasteiger charge is -2.18. The fourth-order valence-electron chi connectivity index (χ4n) is 1.46. The van der Waals surface area contributed by atoms with Crippen LogP contribution in [-0.2, 0) is 0 Å². The largest absolute Gasteiger partial charge is 0.496 e. The molecular weight excluding hydrogens is 196 g/mol. The molecule has 78 valence electrons. The average molecular weight is 213 g/mol. The predicted octanol–water partition coefficient (Wildman–Crippen LogP) is 3.73. The number of aryl methyl sites for hydroxylation is 1. The Morgan fingerprint density at radius 3 is 2.43 bits per heavy atom. The summed E-state index contributed by atoms with van der Waals surface area (Å²) in [5.41, 5.74) is 2.43. The van der Waals surface area contributed by atoms with Crippen LogP contribution in [0.15, 0.2) is 18.2 Å². The van der Waals surface area contributed by atoms with Gasteiger partial charge in [0.15, 0.2) is 0 Å². The highest BCUT2D eigenvalue weighted by molar-refractivity contribution is 6.20. The average Bonchev–Trinajstić information content (AvgIpc) is 2.16. The van der Waals surface area contributed by atoms with Gasteiger partial charge in [0.25, 0.3) is 0 Å². The van der Waals surface area contributed by atoms with E-state index in [9.17, 15) is 0 Å². The predicted molar refractivity (Wildman–Crippen MR) is 61.5 cm³/mol. The first-order chi connectivity index (χ1) is 6.56. The molecule has 2 unspecified atom stereocenters. The quantitative estimate of drug-likeness (QED) is 0.694. The third-order valence-electron chi connectivity index (χ3n) is 2.56. The molecule has 0 saturated heterocycles. The molecule has 2 atom stereocenters. The number of hydrogen-bond acceptors (Lipinski definition) is 1. The molecule has 0 aliphatic carbocycles. The number of halogens is 1. The third-order valence-corrected chi connectivity index (χ3v) is 2.94. The molecule has 0 bridgehead atoms. The van der Waals surface area contributed by atoms with E-state index in [1.165, 1.54) is 11.1 Å². The molecule has 0 radical (unpaired) electrons. The Labute approximate surface area is 91.0 Å². The summed E-state index contributed by atoms with van der Waals surface area (Å²) in [4.78, 5) is 0. The van der Waals surface area contributed by atoms with Crippen LogP contribution in [0.3, 0.4) is 0 Å². The Morgan fingerprint density at radius 2 is 1.93 bits per heavy atom. The van der Waals surface area contributed by atoms with Crippen molar-refractivity contribution in [2.24, 2.45) is 0 Å². The maximum atomic E-state index is 6.09. The highest BCUT2D eigenvalue weighted by Gasteiger charge is 2.16. The minimum Gasteiger partial charge on any atom is -0.496 e. The third kappa shape index (κ3) is 2.42. The van der Waals surface area contributed by atoms with Gasteiger partial charge in [0.1, 0.15) is 5.75 Å². The van der Waals surface area contributed by atoms with E-state index in [1.807, 2.05) is 19.1 Å². The van der Waals surface area contributed by atoms with Crippen LogP contribution in [0.2, 0.25) is 0 Å². The van der Waals surface area contributed by atoms with E-state index in [-0.39, 0.29) is 5.38 Å². The lowest BCUT2D eigenvalue weighted by molar-refractivity contribution is 0.406.